The number of aromatic nitrogens is 1. The number of benzene rings is 1. The zero-order valence-corrected chi connectivity index (χ0v) is 19.5. The fourth-order valence-electron chi connectivity index (χ4n) is 3.37. The van der Waals surface area contributed by atoms with Crippen LogP contribution in [0, 0.1) is 0 Å². The number of anilines is 1. The molecule has 1 fully saturated rings. The molecule has 0 radical (unpaired) electrons. The number of carbonyl (C=O) groups excluding carboxylic acids is 1. The predicted octanol–water partition coefficient (Wildman–Crippen LogP) is 2.10. The summed E-state index contributed by atoms with van der Waals surface area (Å²) in [4.78, 5) is 21.8. The molecule has 2 heterocycles. The highest BCUT2D eigenvalue weighted by molar-refractivity contribution is 7.89. The molecule has 2 N–H and O–H groups in total. The maximum Gasteiger partial charge on any atom is 0.253 e. The number of likely N-dealkylation sites (N-methyl/N-ethyl adjacent to an activating group) is 1. The Labute approximate surface area is 188 Å². The summed E-state index contributed by atoms with van der Waals surface area (Å²) in [5.74, 6) is 0.402. The highest BCUT2D eigenvalue weighted by Crippen LogP contribution is 2.22. The number of hydrogen-bond donors (Lipinski definition) is 2. The zero-order valence-electron chi connectivity index (χ0n) is 17.9. The van der Waals surface area contributed by atoms with Gasteiger partial charge in [-0.3, -0.25) is 4.79 Å². The molecule has 31 heavy (non-hydrogen) atoms. The summed E-state index contributed by atoms with van der Waals surface area (Å²) >= 11 is 6.19. The minimum absolute atomic E-state index is 0.00440. The van der Waals surface area contributed by atoms with Crippen molar-refractivity contribution >= 4 is 33.3 Å². The Morgan fingerprint density at radius 2 is 1.90 bits per heavy atom. The van der Waals surface area contributed by atoms with Crippen molar-refractivity contribution in [1.82, 2.24) is 19.9 Å². The third kappa shape index (κ3) is 5.94. The maximum absolute atomic E-state index is 12.8. The van der Waals surface area contributed by atoms with E-state index in [4.69, 9.17) is 11.6 Å². The number of pyridine rings is 1. The second-order valence-electron chi connectivity index (χ2n) is 7.88. The summed E-state index contributed by atoms with van der Waals surface area (Å²) in [6.45, 7) is 7.34. The summed E-state index contributed by atoms with van der Waals surface area (Å²) < 4.78 is 27.4. The molecular formula is C21H28ClN5O3S. The fourth-order valence-corrected chi connectivity index (χ4v) is 4.85. The van der Waals surface area contributed by atoms with Gasteiger partial charge in [0.1, 0.15) is 5.82 Å². The summed E-state index contributed by atoms with van der Waals surface area (Å²) in [6, 6.07) is 7.60. The highest BCUT2D eigenvalue weighted by atomic mass is 35.5. The largest absolute Gasteiger partial charge is 0.354 e. The summed E-state index contributed by atoms with van der Waals surface area (Å²) in [6.07, 6.45) is 1.74. The zero-order chi connectivity index (χ0) is 22.6. The molecule has 1 aromatic heterocycles. The Bertz CT molecular complexity index is 1040. The molecule has 3 rings (SSSR count). The Morgan fingerprint density at radius 3 is 2.58 bits per heavy atom. The van der Waals surface area contributed by atoms with Crippen molar-refractivity contribution in [2.75, 3.05) is 38.1 Å². The van der Waals surface area contributed by atoms with E-state index in [9.17, 15) is 13.2 Å². The molecule has 8 nitrogen and oxygen atoms in total. The van der Waals surface area contributed by atoms with Gasteiger partial charge in [-0.15, -0.1) is 0 Å². The van der Waals surface area contributed by atoms with Crippen molar-refractivity contribution in [1.29, 1.82) is 0 Å². The highest BCUT2D eigenvalue weighted by Gasteiger charge is 2.21. The van der Waals surface area contributed by atoms with Crippen LogP contribution in [-0.2, 0) is 16.6 Å². The molecule has 0 spiro atoms. The van der Waals surface area contributed by atoms with Crippen molar-refractivity contribution in [3.05, 3.63) is 52.7 Å². The molecule has 0 saturated carbocycles. The van der Waals surface area contributed by atoms with E-state index >= 15 is 0 Å². The third-order valence-electron chi connectivity index (χ3n) is 4.99. The van der Waals surface area contributed by atoms with Crippen LogP contribution in [0.2, 0.25) is 5.02 Å². The Hall–Kier alpha value is -2.20. The van der Waals surface area contributed by atoms with Crippen LogP contribution < -0.4 is 14.9 Å². The van der Waals surface area contributed by atoms with Crippen LogP contribution in [-0.4, -0.2) is 63.5 Å². The van der Waals surface area contributed by atoms with E-state index in [-0.39, 0.29) is 28.1 Å². The molecule has 1 aliphatic rings. The predicted molar refractivity (Wildman–Crippen MR) is 122 cm³/mol. The second kappa shape index (κ2) is 9.95. The first-order valence-corrected chi connectivity index (χ1v) is 12.0. The molecule has 10 heteroatoms. The average Bonchev–Trinajstić information content (AvgIpc) is 2.72. The first-order valence-electron chi connectivity index (χ1n) is 10.1. The van der Waals surface area contributed by atoms with Gasteiger partial charge in [0.2, 0.25) is 10.0 Å². The van der Waals surface area contributed by atoms with Crippen LogP contribution in [0.1, 0.15) is 29.8 Å². The first-order chi connectivity index (χ1) is 14.7. The van der Waals surface area contributed by atoms with Crippen LogP contribution in [0.25, 0.3) is 0 Å². The lowest BCUT2D eigenvalue weighted by Crippen LogP contribution is -2.45. The van der Waals surface area contributed by atoms with Crippen LogP contribution in [0.15, 0.2) is 41.4 Å². The molecule has 168 valence electrons. The molecule has 1 amide bonds. The minimum Gasteiger partial charge on any atom is -0.354 e. The SMILES string of the molecule is CC(C)NS(=O)(=O)c1ccc(Cl)c(C(=O)NCc2cccnc2N2CCN(C)CC2)c1. The van der Waals surface area contributed by atoms with E-state index in [1.54, 1.807) is 20.0 Å². The van der Waals surface area contributed by atoms with Crippen LogP contribution >= 0.6 is 11.6 Å². The van der Waals surface area contributed by atoms with Gasteiger partial charge in [0, 0.05) is 50.5 Å². The first kappa shape index (κ1) is 23.5. The number of nitrogens with one attached hydrogen (secondary N) is 2. The van der Waals surface area contributed by atoms with Gasteiger partial charge in [-0.25, -0.2) is 18.1 Å². The third-order valence-corrected chi connectivity index (χ3v) is 6.98. The number of halogens is 1. The quantitative estimate of drug-likeness (QED) is 0.650. The summed E-state index contributed by atoms with van der Waals surface area (Å²) in [7, 11) is -1.65. The van der Waals surface area contributed by atoms with Crippen LogP contribution in [0.4, 0.5) is 5.82 Å². The Morgan fingerprint density at radius 1 is 1.19 bits per heavy atom. The van der Waals surface area contributed by atoms with Crippen LogP contribution in [0.3, 0.4) is 0 Å². The standard InChI is InChI=1S/C21H28ClN5O3S/c1-15(2)25-31(29,30)17-6-7-19(22)18(13-17)21(28)24-14-16-5-4-8-23-20(16)27-11-9-26(3)10-12-27/h4-8,13,15,25H,9-12,14H2,1-3H3,(H,24,28). The number of rotatable bonds is 7. The number of amides is 1. The minimum atomic E-state index is -3.73. The van der Waals surface area contributed by atoms with Crippen LogP contribution in [0.5, 0.6) is 0 Å². The van der Waals surface area contributed by atoms with Crippen molar-refractivity contribution in [2.45, 2.75) is 31.3 Å². The molecule has 0 aliphatic carbocycles. The average molecular weight is 466 g/mol. The van der Waals surface area contributed by atoms with E-state index in [1.165, 1.54) is 18.2 Å². The van der Waals surface area contributed by atoms with E-state index in [0.717, 1.165) is 37.6 Å². The summed E-state index contributed by atoms with van der Waals surface area (Å²) in [5.41, 5.74) is 1.00. The van der Waals surface area contributed by atoms with Gasteiger partial charge in [-0.2, -0.15) is 0 Å². The Kier molecular flexibility index (Phi) is 7.53. The fraction of sp³-hybridized carbons (Fsp3) is 0.429. The van der Waals surface area contributed by atoms with Crippen molar-refractivity contribution in [3.63, 3.8) is 0 Å². The van der Waals surface area contributed by atoms with Gasteiger partial charge in [-0.1, -0.05) is 17.7 Å². The molecular weight excluding hydrogens is 438 g/mol. The van der Waals surface area contributed by atoms with Crippen molar-refractivity contribution in [2.24, 2.45) is 0 Å². The summed E-state index contributed by atoms with van der Waals surface area (Å²) in [5, 5.41) is 3.03. The lowest BCUT2D eigenvalue weighted by Gasteiger charge is -2.34. The van der Waals surface area contributed by atoms with E-state index in [2.05, 4.69) is 31.9 Å². The molecule has 1 aromatic carbocycles. The molecule has 2 aromatic rings. The van der Waals surface area contributed by atoms with E-state index < -0.39 is 15.9 Å². The van der Waals surface area contributed by atoms with E-state index in [1.807, 2.05) is 12.1 Å². The monoisotopic (exact) mass is 465 g/mol. The number of piperazine rings is 1. The van der Waals surface area contributed by atoms with Crippen molar-refractivity contribution < 1.29 is 13.2 Å². The van der Waals surface area contributed by atoms with Gasteiger partial charge in [0.05, 0.1) is 15.5 Å². The normalized spacial score (nSPS) is 15.3. The van der Waals surface area contributed by atoms with Gasteiger partial charge in [0.15, 0.2) is 0 Å². The maximum atomic E-state index is 12.8. The molecule has 0 atom stereocenters. The van der Waals surface area contributed by atoms with Gasteiger partial charge in [-0.05, 0) is 45.2 Å². The van der Waals surface area contributed by atoms with Crippen molar-refractivity contribution in [3.8, 4) is 0 Å². The van der Waals surface area contributed by atoms with Gasteiger partial charge >= 0.3 is 0 Å². The number of nitrogens with zero attached hydrogens (tertiary/aromatic N) is 3. The van der Waals surface area contributed by atoms with E-state index in [0.29, 0.717) is 0 Å². The topological polar surface area (TPSA) is 94.6 Å². The molecule has 0 unspecified atom stereocenters. The number of carbonyl (C=O) groups is 1. The molecule has 1 saturated heterocycles. The second-order valence-corrected chi connectivity index (χ2v) is 10.00. The lowest BCUT2D eigenvalue weighted by atomic mass is 10.2. The molecule has 1 aliphatic heterocycles. The Balaban J connectivity index is 1.76. The number of sulfonamides is 1. The van der Waals surface area contributed by atoms with Gasteiger partial charge in [0.25, 0.3) is 5.91 Å². The van der Waals surface area contributed by atoms with Gasteiger partial charge < -0.3 is 15.1 Å². The smallest absolute Gasteiger partial charge is 0.253 e. The lowest BCUT2D eigenvalue weighted by molar-refractivity contribution is 0.0951. The molecule has 0 bridgehead atoms. The number of hydrogen-bond acceptors (Lipinski definition) is 6.